The molecule has 2 aromatic heterocycles. The molecule has 24 heavy (non-hydrogen) atoms. The van der Waals surface area contributed by atoms with Gasteiger partial charge >= 0.3 is 0 Å². The SMILES string of the molecule is CCOc1cccnc1S(=O)(=O)NC1(c2nc(C)cs2)CCCC1. The molecule has 0 amide bonds. The smallest absolute Gasteiger partial charge is 0.262 e. The third kappa shape index (κ3) is 3.31. The van der Waals surface area contributed by atoms with Crippen LogP contribution in [0.1, 0.15) is 43.3 Å². The maximum atomic E-state index is 13.0. The fraction of sp³-hybridized carbons (Fsp3) is 0.500. The summed E-state index contributed by atoms with van der Waals surface area (Å²) in [6.45, 7) is 4.11. The highest BCUT2D eigenvalue weighted by Gasteiger charge is 2.42. The molecule has 8 heteroatoms. The van der Waals surface area contributed by atoms with Crippen LogP contribution in [-0.2, 0) is 15.6 Å². The topological polar surface area (TPSA) is 81.2 Å². The van der Waals surface area contributed by atoms with E-state index in [4.69, 9.17) is 4.74 Å². The summed E-state index contributed by atoms with van der Waals surface area (Å²) in [5.41, 5.74) is 0.270. The van der Waals surface area contributed by atoms with Gasteiger partial charge in [0.1, 0.15) is 5.01 Å². The molecule has 6 nitrogen and oxygen atoms in total. The van der Waals surface area contributed by atoms with Gasteiger partial charge in [0.05, 0.1) is 12.1 Å². The molecule has 0 unspecified atom stereocenters. The van der Waals surface area contributed by atoms with Crippen molar-refractivity contribution in [1.29, 1.82) is 0 Å². The van der Waals surface area contributed by atoms with Crippen molar-refractivity contribution in [1.82, 2.24) is 14.7 Å². The molecule has 1 aliphatic carbocycles. The molecule has 0 saturated heterocycles. The van der Waals surface area contributed by atoms with E-state index in [2.05, 4.69) is 14.7 Å². The lowest BCUT2D eigenvalue weighted by molar-refractivity contribution is 0.326. The van der Waals surface area contributed by atoms with Gasteiger partial charge in [0, 0.05) is 17.3 Å². The van der Waals surface area contributed by atoms with Crippen LogP contribution in [0.2, 0.25) is 0 Å². The Hall–Kier alpha value is -1.51. The molecular formula is C16H21N3O3S2. The molecule has 2 aromatic rings. The van der Waals surface area contributed by atoms with Crippen molar-refractivity contribution in [3.8, 4) is 5.75 Å². The van der Waals surface area contributed by atoms with Gasteiger partial charge in [-0.1, -0.05) is 12.8 Å². The van der Waals surface area contributed by atoms with Crippen LogP contribution in [0, 0.1) is 6.92 Å². The Bertz CT molecular complexity index is 811. The molecule has 0 aromatic carbocycles. The fourth-order valence-corrected chi connectivity index (χ4v) is 5.64. The Morgan fingerprint density at radius 2 is 2.12 bits per heavy atom. The molecule has 2 heterocycles. The molecule has 3 rings (SSSR count). The summed E-state index contributed by atoms with van der Waals surface area (Å²) in [6.07, 6.45) is 4.90. The highest BCUT2D eigenvalue weighted by atomic mass is 32.2. The van der Waals surface area contributed by atoms with Gasteiger partial charge in [0.25, 0.3) is 10.0 Å². The number of hydrogen-bond acceptors (Lipinski definition) is 6. The van der Waals surface area contributed by atoms with E-state index in [0.717, 1.165) is 36.4 Å². The summed E-state index contributed by atoms with van der Waals surface area (Å²) in [5, 5.41) is 2.72. The lowest BCUT2D eigenvalue weighted by atomic mass is 10.0. The Labute approximate surface area is 146 Å². The molecule has 1 aliphatic rings. The minimum absolute atomic E-state index is 0.0635. The number of sulfonamides is 1. The number of aromatic nitrogens is 2. The molecule has 0 radical (unpaired) electrons. The first-order chi connectivity index (χ1) is 11.5. The van der Waals surface area contributed by atoms with Crippen LogP contribution >= 0.6 is 11.3 Å². The predicted octanol–water partition coefficient (Wildman–Crippen LogP) is 2.99. The molecule has 0 aliphatic heterocycles. The van der Waals surface area contributed by atoms with Crippen LogP contribution in [0.25, 0.3) is 0 Å². The van der Waals surface area contributed by atoms with Gasteiger partial charge in [-0.05, 0) is 38.8 Å². The molecular weight excluding hydrogens is 346 g/mol. The van der Waals surface area contributed by atoms with Crippen LogP contribution in [0.4, 0.5) is 0 Å². The van der Waals surface area contributed by atoms with Crippen LogP contribution in [0.15, 0.2) is 28.7 Å². The minimum Gasteiger partial charge on any atom is -0.491 e. The van der Waals surface area contributed by atoms with Crippen molar-refractivity contribution in [2.24, 2.45) is 0 Å². The van der Waals surface area contributed by atoms with Crippen molar-refractivity contribution in [3.05, 3.63) is 34.4 Å². The van der Waals surface area contributed by atoms with Gasteiger partial charge in [-0.2, -0.15) is 4.72 Å². The monoisotopic (exact) mass is 367 g/mol. The van der Waals surface area contributed by atoms with E-state index >= 15 is 0 Å². The number of rotatable bonds is 6. The lowest BCUT2D eigenvalue weighted by Gasteiger charge is -2.27. The van der Waals surface area contributed by atoms with Crippen molar-refractivity contribution >= 4 is 21.4 Å². The van der Waals surface area contributed by atoms with Gasteiger partial charge in [-0.3, -0.25) is 0 Å². The average Bonchev–Trinajstić information content (AvgIpc) is 3.18. The van der Waals surface area contributed by atoms with E-state index in [1.54, 1.807) is 12.1 Å². The van der Waals surface area contributed by atoms with E-state index < -0.39 is 15.6 Å². The molecule has 1 fully saturated rings. The number of ether oxygens (including phenoxy) is 1. The number of hydrogen-bond donors (Lipinski definition) is 1. The van der Waals surface area contributed by atoms with Crippen LogP contribution in [0.5, 0.6) is 5.75 Å². The normalized spacial score (nSPS) is 17.1. The van der Waals surface area contributed by atoms with Crippen molar-refractivity contribution in [3.63, 3.8) is 0 Å². The highest BCUT2D eigenvalue weighted by Crippen LogP contribution is 2.41. The third-order valence-corrected chi connectivity index (χ3v) is 6.75. The maximum Gasteiger partial charge on any atom is 0.262 e. The van der Waals surface area contributed by atoms with Gasteiger partial charge in [0.15, 0.2) is 5.75 Å². The summed E-state index contributed by atoms with van der Waals surface area (Å²) < 4.78 is 34.3. The molecule has 0 spiro atoms. The fourth-order valence-electron chi connectivity index (χ4n) is 3.06. The highest BCUT2D eigenvalue weighted by molar-refractivity contribution is 7.89. The van der Waals surface area contributed by atoms with Crippen molar-refractivity contribution in [2.75, 3.05) is 6.61 Å². The second kappa shape index (κ2) is 6.78. The first kappa shape index (κ1) is 17.3. The third-order valence-electron chi connectivity index (χ3n) is 4.11. The number of aryl methyl sites for hydroxylation is 1. The first-order valence-corrected chi connectivity index (χ1v) is 10.4. The molecule has 1 N–H and O–H groups in total. The molecule has 130 valence electrons. The van der Waals surface area contributed by atoms with Crippen LogP contribution in [0.3, 0.4) is 0 Å². The van der Waals surface area contributed by atoms with E-state index in [1.165, 1.54) is 17.5 Å². The van der Waals surface area contributed by atoms with E-state index in [1.807, 2.05) is 19.2 Å². The average molecular weight is 367 g/mol. The van der Waals surface area contributed by atoms with Gasteiger partial charge < -0.3 is 4.74 Å². The molecule has 0 atom stereocenters. The number of nitrogens with one attached hydrogen (secondary N) is 1. The summed E-state index contributed by atoms with van der Waals surface area (Å²) in [5.74, 6) is 0.274. The summed E-state index contributed by atoms with van der Waals surface area (Å²) in [6, 6.07) is 3.29. The van der Waals surface area contributed by atoms with Crippen molar-refractivity contribution < 1.29 is 13.2 Å². The van der Waals surface area contributed by atoms with E-state index in [0.29, 0.717) is 6.61 Å². The predicted molar refractivity (Wildman–Crippen MR) is 92.7 cm³/mol. The molecule has 0 bridgehead atoms. The van der Waals surface area contributed by atoms with Crippen molar-refractivity contribution in [2.45, 2.75) is 50.1 Å². The Kier molecular flexibility index (Phi) is 4.89. The lowest BCUT2D eigenvalue weighted by Crippen LogP contribution is -2.44. The first-order valence-electron chi connectivity index (χ1n) is 8.01. The molecule has 1 saturated carbocycles. The number of thiazole rings is 1. The summed E-state index contributed by atoms with van der Waals surface area (Å²) >= 11 is 1.51. The van der Waals surface area contributed by atoms with E-state index in [9.17, 15) is 8.42 Å². The minimum atomic E-state index is -3.81. The van der Waals surface area contributed by atoms with Gasteiger partial charge in [-0.15, -0.1) is 11.3 Å². The zero-order chi connectivity index (χ0) is 17.2. The largest absolute Gasteiger partial charge is 0.491 e. The van der Waals surface area contributed by atoms with E-state index in [-0.39, 0.29) is 10.8 Å². The second-order valence-electron chi connectivity index (χ2n) is 5.93. The maximum absolute atomic E-state index is 13.0. The van der Waals surface area contributed by atoms with Crippen LogP contribution in [-0.4, -0.2) is 25.0 Å². The second-order valence-corrected chi connectivity index (χ2v) is 8.38. The Balaban J connectivity index is 1.98. The quantitative estimate of drug-likeness (QED) is 0.849. The summed E-state index contributed by atoms with van der Waals surface area (Å²) in [4.78, 5) is 8.59. The Morgan fingerprint density at radius 1 is 1.38 bits per heavy atom. The zero-order valence-corrected chi connectivity index (χ0v) is 15.4. The number of pyridine rings is 1. The van der Waals surface area contributed by atoms with Gasteiger partial charge in [0.2, 0.25) is 5.03 Å². The summed E-state index contributed by atoms with van der Waals surface area (Å²) in [7, 11) is -3.81. The number of nitrogens with zero attached hydrogens (tertiary/aromatic N) is 2. The standard InChI is InChI=1S/C16H21N3O3S2/c1-3-22-13-7-6-10-17-14(13)24(20,21)19-16(8-4-5-9-16)15-18-12(2)11-23-15/h6-7,10-11,19H,3-5,8-9H2,1-2H3. The van der Waals surface area contributed by atoms with Crippen LogP contribution < -0.4 is 9.46 Å². The van der Waals surface area contributed by atoms with Gasteiger partial charge in [-0.25, -0.2) is 18.4 Å². The zero-order valence-electron chi connectivity index (χ0n) is 13.8. The Morgan fingerprint density at radius 3 is 2.75 bits per heavy atom.